The number of ketones is 1. The predicted molar refractivity (Wildman–Crippen MR) is 89.8 cm³/mol. The highest BCUT2D eigenvalue weighted by atomic mass is 16.4. The van der Waals surface area contributed by atoms with Crippen molar-refractivity contribution in [3.8, 4) is 0 Å². The second kappa shape index (κ2) is 6.83. The Morgan fingerprint density at radius 1 is 1.12 bits per heavy atom. The van der Waals surface area contributed by atoms with Crippen LogP contribution in [0.3, 0.4) is 0 Å². The van der Waals surface area contributed by atoms with Gasteiger partial charge in [-0.3, -0.25) is 9.59 Å². The summed E-state index contributed by atoms with van der Waals surface area (Å²) in [4.78, 5) is 35.6. The second-order valence-corrected chi connectivity index (χ2v) is 6.25. The Labute approximate surface area is 139 Å². The van der Waals surface area contributed by atoms with Crippen molar-refractivity contribution >= 4 is 28.4 Å². The third-order valence-corrected chi connectivity index (χ3v) is 4.56. The van der Waals surface area contributed by atoms with Crippen LogP contribution >= 0.6 is 0 Å². The first-order valence-electron chi connectivity index (χ1n) is 8.09. The molecule has 3 rings (SSSR count). The van der Waals surface area contributed by atoms with E-state index in [0.29, 0.717) is 24.8 Å². The van der Waals surface area contributed by atoms with Gasteiger partial charge in [-0.05, 0) is 41.7 Å². The molecule has 2 N–H and O–H groups in total. The van der Waals surface area contributed by atoms with Crippen LogP contribution in [0.2, 0.25) is 0 Å². The highest BCUT2D eigenvalue weighted by molar-refractivity contribution is 6.00. The van der Waals surface area contributed by atoms with E-state index < -0.39 is 17.9 Å². The quantitative estimate of drug-likeness (QED) is 0.905. The zero-order chi connectivity index (χ0) is 17.1. The molecule has 0 spiro atoms. The number of Topliss-reactive ketones (excluding diaryl/α,β-unsaturated/α-hetero) is 1. The highest BCUT2D eigenvalue weighted by Crippen LogP contribution is 2.25. The molecule has 5 heteroatoms. The molecule has 5 nitrogen and oxygen atoms in total. The monoisotopic (exact) mass is 325 g/mol. The molecule has 0 radical (unpaired) electrons. The summed E-state index contributed by atoms with van der Waals surface area (Å²) in [5.74, 6) is -1.79. The van der Waals surface area contributed by atoms with Crippen molar-refractivity contribution in [2.45, 2.75) is 31.7 Å². The number of benzene rings is 2. The van der Waals surface area contributed by atoms with E-state index in [1.54, 1.807) is 12.1 Å². The molecule has 1 amide bonds. The lowest BCUT2D eigenvalue weighted by molar-refractivity contribution is -0.141. The summed E-state index contributed by atoms with van der Waals surface area (Å²) in [5.41, 5.74) is 0.419. The van der Waals surface area contributed by atoms with Gasteiger partial charge in [-0.25, -0.2) is 4.79 Å². The topological polar surface area (TPSA) is 83.5 Å². The number of aliphatic carboxylic acids is 1. The van der Waals surface area contributed by atoms with Gasteiger partial charge >= 0.3 is 5.97 Å². The molecular formula is C19H19NO4. The highest BCUT2D eigenvalue weighted by Gasteiger charge is 2.33. The minimum atomic E-state index is -1.09. The van der Waals surface area contributed by atoms with Crippen molar-refractivity contribution in [2.24, 2.45) is 5.92 Å². The predicted octanol–water partition coefficient (Wildman–Crippen LogP) is 2.78. The first-order valence-corrected chi connectivity index (χ1v) is 8.09. The molecule has 2 aromatic rings. The molecule has 0 unspecified atom stereocenters. The molecule has 0 heterocycles. The van der Waals surface area contributed by atoms with Crippen molar-refractivity contribution < 1.29 is 19.5 Å². The van der Waals surface area contributed by atoms with E-state index in [9.17, 15) is 19.5 Å². The van der Waals surface area contributed by atoms with Crippen LogP contribution in [0.15, 0.2) is 42.5 Å². The van der Waals surface area contributed by atoms with Gasteiger partial charge in [0.25, 0.3) is 5.91 Å². The molecule has 24 heavy (non-hydrogen) atoms. The first kappa shape index (κ1) is 16.2. The average Bonchev–Trinajstić information content (AvgIpc) is 2.58. The van der Waals surface area contributed by atoms with Gasteiger partial charge in [-0.2, -0.15) is 0 Å². The molecule has 1 aliphatic carbocycles. The van der Waals surface area contributed by atoms with E-state index in [0.717, 1.165) is 10.8 Å². The van der Waals surface area contributed by atoms with Gasteiger partial charge in [-0.1, -0.05) is 30.3 Å². The van der Waals surface area contributed by atoms with Gasteiger partial charge in [-0.15, -0.1) is 0 Å². The fourth-order valence-electron chi connectivity index (χ4n) is 3.28. The minimum absolute atomic E-state index is 0.0671. The SMILES string of the molecule is O=C1CCC[C@@H]([C@H](NC(=O)c2ccc3ccccc3c2)C(=O)O)C1. The number of fused-ring (bicyclic) bond motifs is 1. The Kier molecular flexibility index (Phi) is 4.60. The number of hydrogen-bond acceptors (Lipinski definition) is 3. The lowest BCUT2D eigenvalue weighted by atomic mass is 9.83. The minimum Gasteiger partial charge on any atom is -0.480 e. The number of carboxylic acids is 1. The van der Waals surface area contributed by atoms with E-state index in [4.69, 9.17) is 0 Å². The van der Waals surface area contributed by atoms with Gasteiger partial charge in [0.05, 0.1) is 0 Å². The first-order chi connectivity index (χ1) is 11.5. The summed E-state index contributed by atoms with van der Waals surface area (Å²) >= 11 is 0. The molecule has 2 atom stereocenters. The average molecular weight is 325 g/mol. The Bertz CT molecular complexity index is 799. The number of hydrogen-bond donors (Lipinski definition) is 2. The van der Waals surface area contributed by atoms with Gasteiger partial charge in [0.15, 0.2) is 0 Å². The standard InChI is InChI=1S/C19H19NO4/c21-16-7-3-6-14(11-16)17(19(23)24)20-18(22)15-9-8-12-4-1-2-5-13(12)10-15/h1-2,4-5,8-10,14,17H,3,6-7,11H2,(H,20,22)(H,23,24)/t14-,17+/m1/s1. The summed E-state index contributed by atoms with van der Waals surface area (Å²) in [7, 11) is 0. The normalized spacial score (nSPS) is 19.0. The number of nitrogens with one attached hydrogen (secondary N) is 1. The van der Waals surface area contributed by atoms with E-state index >= 15 is 0 Å². The van der Waals surface area contributed by atoms with Crippen LogP contribution in [0.5, 0.6) is 0 Å². The van der Waals surface area contributed by atoms with Crippen molar-refractivity contribution in [1.82, 2.24) is 5.32 Å². The summed E-state index contributed by atoms with van der Waals surface area (Å²) in [6.07, 6.45) is 2.04. The summed E-state index contributed by atoms with van der Waals surface area (Å²) in [5, 5.41) is 14.0. The summed E-state index contributed by atoms with van der Waals surface area (Å²) in [6, 6.07) is 11.9. The number of carboxylic acid groups (broad SMARTS) is 1. The number of rotatable bonds is 4. The van der Waals surface area contributed by atoms with Crippen LogP contribution in [0.25, 0.3) is 10.8 Å². The maximum absolute atomic E-state index is 12.5. The van der Waals surface area contributed by atoms with Crippen LogP contribution in [0, 0.1) is 5.92 Å². The van der Waals surface area contributed by atoms with Crippen LogP contribution in [0.4, 0.5) is 0 Å². The van der Waals surface area contributed by atoms with Crippen LogP contribution in [-0.4, -0.2) is 28.8 Å². The Balaban J connectivity index is 1.79. The van der Waals surface area contributed by atoms with Crippen LogP contribution in [-0.2, 0) is 9.59 Å². The number of amides is 1. The molecule has 1 aliphatic rings. The maximum atomic E-state index is 12.5. The van der Waals surface area contributed by atoms with Gasteiger partial charge in [0.2, 0.25) is 0 Å². The lowest BCUT2D eigenvalue weighted by Crippen LogP contribution is -2.47. The van der Waals surface area contributed by atoms with Gasteiger partial charge in [0, 0.05) is 18.4 Å². The van der Waals surface area contributed by atoms with E-state index in [1.807, 2.05) is 30.3 Å². The Hall–Kier alpha value is -2.69. The maximum Gasteiger partial charge on any atom is 0.326 e. The molecule has 1 fully saturated rings. The fourth-order valence-corrected chi connectivity index (χ4v) is 3.28. The van der Waals surface area contributed by atoms with E-state index in [-0.39, 0.29) is 18.1 Å². The molecular weight excluding hydrogens is 306 g/mol. The number of carbonyl (C=O) groups excluding carboxylic acids is 2. The molecule has 124 valence electrons. The van der Waals surface area contributed by atoms with Gasteiger partial charge < -0.3 is 10.4 Å². The third-order valence-electron chi connectivity index (χ3n) is 4.56. The smallest absolute Gasteiger partial charge is 0.326 e. The zero-order valence-electron chi connectivity index (χ0n) is 13.2. The number of carbonyl (C=O) groups is 3. The van der Waals surface area contributed by atoms with Crippen molar-refractivity contribution in [2.75, 3.05) is 0 Å². The Morgan fingerprint density at radius 2 is 1.88 bits per heavy atom. The Morgan fingerprint density at radius 3 is 2.58 bits per heavy atom. The molecule has 1 saturated carbocycles. The van der Waals surface area contributed by atoms with E-state index in [2.05, 4.69) is 5.32 Å². The van der Waals surface area contributed by atoms with E-state index in [1.165, 1.54) is 0 Å². The fraction of sp³-hybridized carbons (Fsp3) is 0.316. The van der Waals surface area contributed by atoms with Crippen molar-refractivity contribution in [3.63, 3.8) is 0 Å². The largest absolute Gasteiger partial charge is 0.480 e. The second-order valence-electron chi connectivity index (χ2n) is 6.25. The molecule has 0 saturated heterocycles. The molecule has 0 aromatic heterocycles. The van der Waals surface area contributed by atoms with Crippen molar-refractivity contribution in [1.29, 1.82) is 0 Å². The molecule has 0 aliphatic heterocycles. The molecule has 2 aromatic carbocycles. The van der Waals surface area contributed by atoms with Crippen LogP contribution in [0.1, 0.15) is 36.0 Å². The molecule has 0 bridgehead atoms. The van der Waals surface area contributed by atoms with Gasteiger partial charge in [0.1, 0.15) is 11.8 Å². The zero-order valence-corrected chi connectivity index (χ0v) is 13.2. The van der Waals surface area contributed by atoms with Crippen molar-refractivity contribution in [3.05, 3.63) is 48.0 Å². The summed E-state index contributed by atoms with van der Waals surface area (Å²) < 4.78 is 0. The van der Waals surface area contributed by atoms with Crippen LogP contribution < -0.4 is 5.32 Å². The third kappa shape index (κ3) is 3.45. The summed E-state index contributed by atoms with van der Waals surface area (Å²) in [6.45, 7) is 0. The lowest BCUT2D eigenvalue weighted by Gasteiger charge is -2.27.